The number of hydrogen-bond acceptors (Lipinski definition) is 6. The minimum absolute atomic E-state index is 0.116. The zero-order chi connectivity index (χ0) is 28.1. The maximum atomic E-state index is 15.0. The van der Waals surface area contributed by atoms with Gasteiger partial charge in [0.2, 0.25) is 0 Å². The quantitative estimate of drug-likeness (QED) is 0.236. The van der Waals surface area contributed by atoms with Gasteiger partial charge in [-0.05, 0) is 54.8 Å². The lowest BCUT2D eigenvalue weighted by atomic mass is 9.95. The third-order valence-electron chi connectivity index (χ3n) is 7.50. The Balaban J connectivity index is 1.39. The second-order valence-corrected chi connectivity index (χ2v) is 10.1. The molecule has 0 spiro atoms. The Labute approximate surface area is 233 Å². The fourth-order valence-electron chi connectivity index (χ4n) is 5.22. The normalized spacial score (nSPS) is 19.2. The molecule has 40 heavy (non-hydrogen) atoms. The Hall–Kier alpha value is -4.01. The molecule has 3 aromatic rings. The van der Waals surface area contributed by atoms with Crippen molar-refractivity contribution in [2.24, 2.45) is 0 Å². The SMILES string of the molecule is Cc1ccccc1COc1ccc(/C(O)=C2\C(=O)C(=O)N(CCCN3CCOCC3)C2c2ccccc2F)cc1. The Kier molecular flexibility index (Phi) is 8.57. The third kappa shape index (κ3) is 5.93. The van der Waals surface area contributed by atoms with E-state index in [1.807, 2.05) is 31.2 Å². The van der Waals surface area contributed by atoms with Crippen LogP contribution in [0.5, 0.6) is 5.75 Å². The number of halogens is 1. The van der Waals surface area contributed by atoms with E-state index in [1.165, 1.54) is 11.0 Å². The summed E-state index contributed by atoms with van der Waals surface area (Å²) in [5.74, 6) is -1.85. The molecule has 2 saturated heterocycles. The maximum absolute atomic E-state index is 15.0. The number of carbonyl (C=O) groups is 2. The summed E-state index contributed by atoms with van der Waals surface area (Å²) in [6.45, 7) is 6.32. The molecule has 208 valence electrons. The van der Waals surface area contributed by atoms with Crippen LogP contribution in [0, 0.1) is 12.7 Å². The molecule has 0 aliphatic carbocycles. The van der Waals surface area contributed by atoms with Crippen molar-refractivity contribution >= 4 is 17.4 Å². The van der Waals surface area contributed by atoms with Gasteiger partial charge < -0.3 is 19.5 Å². The van der Waals surface area contributed by atoms with Crippen molar-refractivity contribution in [2.45, 2.75) is 26.0 Å². The van der Waals surface area contributed by atoms with Crippen LogP contribution < -0.4 is 4.74 Å². The van der Waals surface area contributed by atoms with Gasteiger partial charge in [0.25, 0.3) is 11.7 Å². The molecule has 3 aromatic carbocycles. The Morgan fingerprint density at radius 1 is 0.975 bits per heavy atom. The van der Waals surface area contributed by atoms with Crippen molar-refractivity contribution in [1.29, 1.82) is 0 Å². The van der Waals surface area contributed by atoms with Crippen LogP contribution in [0.3, 0.4) is 0 Å². The topological polar surface area (TPSA) is 79.3 Å². The van der Waals surface area contributed by atoms with Crippen LogP contribution in [0.2, 0.25) is 0 Å². The van der Waals surface area contributed by atoms with Crippen LogP contribution in [0.15, 0.2) is 78.4 Å². The first-order chi connectivity index (χ1) is 19.4. The van der Waals surface area contributed by atoms with Gasteiger partial charge in [-0.2, -0.15) is 0 Å². The monoisotopic (exact) mass is 544 g/mol. The van der Waals surface area contributed by atoms with Crippen LogP contribution in [0.1, 0.15) is 34.7 Å². The molecule has 0 bridgehead atoms. The minimum Gasteiger partial charge on any atom is -0.507 e. The molecule has 0 radical (unpaired) electrons. The first-order valence-corrected chi connectivity index (χ1v) is 13.5. The van der Waals surface area contributed by atoms with Gasteiger partial charge in [0, 0.05) is 37.3 Å². The standard InChI is InChI=1S/C32H33FN2O5/c1-22-7-2-3-8-24(22)21-40-25-13-11-23(12-14-25)30(36)28-29(26-9-4-5-10-27(26)33)35(32(38)31(28)37)16-6-15-34-17-19-39-20-18-34/h2-5,7-14,29,36H,6,15-21H2,1H3/b30-28+. The van der Waals surface area contributed by atoms with E-state index < -0.39 is 23.5 Å². The number of nitrogens with zero attached hydrogens (tertiary/aromatic N) is 2. The number of ketones is 1. The molecule has 1 unspecified atom stereocenters. The molecule has 1 N–H and O–H groups in total. The number of hydrogen-bond donors (Lipinski definition) is 1. The number of aryl methyl sites for hydroxylation is 1. The lowest BCUT2D eigenvalue weighted by Crippen LogP contribution is -2.39. The predicted molar refractivity (Wildman–Crippen MR) is 149 cm³/mol. The van der Waals surface area contributed by atoms with Crippen LogP contribution in [0.4, 0.5) is 4.39 Å². The number of Topliss-reactive ketones (excluding diaryl/α,β-unsaturated/α-hetero) is 1. The zero-order valence-electron chi connectivity index (χ0n) is 22.5. The van der Waals surface area contributed by atoms with Crippen molar-refractivity contribution in [3.8, 4) is 5.75 Å². The zero-order valence-corrected chi connectivity index (χ0v) is 22.5. The van der Waals surface area contributed by atoms with Crippen molar-refractivity contribution in [1.82, 2.24) is 9.80 Å². The number of rotatable bonds is 9. The van der Waals surface area contributed by atoms with Crippen molar-refractivity contribution in [3.63, 3.8) is 0 Å². The van der Waals surface area contributed by atoms with E-state index in [0.29, 0.717) is 37.6 Å². The minimum atomic E-state index is -1.03. The molecule has 2 fully saturated rings. The first kappa shape index (κ1) is 27.6. The summed E-state index contributed by atoms with van der Waals surface area (Å²) in [5.41, 5.74) is 2.59. The Morgan fingerprint density at radius 2 is 1.68 bits per heavy atom. The van der Waals surface area contributed by atoms with E-state index in [-0.39, 0.29) is 23.4 Å². The molecular formula is C32H33FN2O5. The highest BCUT2D eigenvalue weighted by Gasteiger charge is 2.46. The Bertz CT molecular complexity index is 1400. The maximum Gasteiger partial charge on any atom is 0.295 e. The van der Waals surface area contributed by atoms with Crippen molar-refractivity contribution < 1.29 is 28.6 Å². The van der Waals surface area contributed by atoms with E-state index in [1.54, 1.807) is 42.5 Å². The number of carbonyl (C=O) groups excluding carboxylic acids is 2. The van der Waals surface area contributed by atoms with E-state index >= 15 is 4.39 Å². The lowest BCUT2D eigenvalue weighted by Gasteiger charge is -2.29. The smallest absolute Gasteiger partial charge is 0.295 e. The number of morpholine rings is 1. The van der Waals surface area contributed by atoms with Gasteiger partial charge >= 0.3 is 0 Å². The number of ether oxygens (including phenoxy) is 2. The molecule has 8 heteroatoms. The molecule has 1 atom stereocenters. The molecule has 0 saturated carbocycles. The predicted octanol–water partition coefficient (Wildman–Crippen LogP) is 4.86. The highest BCUT2D eigenvalue weighted by atomic mass is 19.1. The summed E-state index contributed by atoms with van der Waals surface area (Å²) in [6, 6.07) is 19.6. The summed E-state index contributed by atoms with van der Waals surface area (Å²) in [4.78, 5) is 30.1. The van der Waals surface area contributed by atoms with Crippen molar-refractivity contribution in [2.75, 3.05) is 39.4 Å². The fraction of sp³-hybridized carbons (Fsp3) is 0.312. The molecule has 7 nitrogen and oxygen atoms in total. The van der Waals surface area contributed by atoms with Crippen molar-refractivity contribution in [3.05, 3.63) is 106 Å². The van der Waals surface area contributed by atoms with E-state index in [0.717, 1.165) is 30.8 Å². The number of benzene rings is 3. The summed E-state index contributed by atoms with van der Waals surface area (Å²) >= 11 is 0. The van der Waals surface area contributed by atoms with E-state index in [4.69, 9.17) is 9.47 Å². The number of likely N-dealkylation sites (tertiary alicyclic amines) is 1. The molecule has 2 aliphatic heterocycles. The lowest BCUT2D eigenvalue weighted by molar-refractivity contribution is -0.140. The van der Waals surface area contributed by atoms with Gasteiger partial charge in [-0.15, -0.1) is 0 Å². The molecule has 2 heterocycles. The van der Waals surface area contributed by atoms with Gasteiger partial charge in [-0.3, -0.25) is 14.5 Å². The molecule has 5 rings (SSSR count). The molecular weight excluding hydrogens is 511 g/mol. The fourth-order valence-corrected chi connectivity index (χ4v) is 5.22. The van der Waals surface area contributed by atoms with Gasteiger partial charge in [0.15, 0.2) is 0 Å². The summed E-state index contributed by atoms with van der Waals surface area (Å²) < 4.78 is 26.3. The molecule has 2 aliphatic rings. The highest BCUT2D eigenvalue weighted by Crippen LogP contribution is 2.40. The van der Waals surface area contributed by atoms with Gasteiger partial charge in [0.1, 0.15) is 23.9 Å². The van der Waals surface area contributed by atoms with Crippen LogP contribution in [-0.2, 0) is 20.9 Å². The number of aliphatic hydroxyl groups excluding tert-OH is 1. The molecule has 0 aromatic heterocycles. The van der Waals surface area contributed by atoms with Crippen LogP contribution in [0.25, 0.3) is 5.76 Å². The highest BCUT2D eigenvalue weighted by molar-refractivity contribution is 6.46. The average Bonchev–Trinajstić information content (AvgIpc) is 3.22. The third-order valence-corrected chi connectivity index (χ3v) is 7.50. The second kappa shape index (κ2) is 12.4. The summed E-state index contributed by atoms with van der Waals surface area (Å²) in [5, 5.41) is 11.3. The van der Waals surface area contributed by atoms with Gasteiger partial charge in [-0.1, -0.05) is 42.5 Å². The average molecular weight is 545 g/mol. The first-order valence-electron chi connectivity index (χ1n) is 13.5. The summed E-state index contributed by atoms with van der Waals surface area (Å²) in [7, 11) is 0. The molecule has 1 amide bonds. The van der Waals surface area contributed by atoms with Crippen LogP contribution >= 0.6 is 0 Å². The number of aliphatic hydroxyl groups is 1. The van der Waals surface area contributed by atoms with Gasteiger partial charge in [-0.25, -0.2) is 4.39 Å². The Morgan fingerprint density at radius 3 is 2.40 bits per heavy atom. The largest absolute Gasteiger partial charge is 0.507 e. The number of amides is 1. The van der Waals surface area contributed by atoms with E-state index in [2.05, 4.69) is 4.90 Å². The second-order valence-electron chi connectivity index (χ2n) is 10.1. The summed E-state index contributed by atoms with van der Waals surface area (Å²) in [6.07, 6.45) is 0.602. The van der Waals surface area contributed by atoms with E-state index in [9.17, 15) is 14.7 Å². The van der Waals surface area contributed by atoms with Gasteiger partial charge in [0.05, 0.1) is 24.8 Å². The van der Waals surface area contributed by atoms with Crippen LogP contribution in [-0.4, -0.2) is 66.0 Å².